The van der Waals surface area contributed by atoms with Crippen LogP contribution in [0.3, 0.4) is 0 Å². The number of nitro groups is 1. The van der Waals surface area contributed by atoms with Gasteiger partial charge in [-0.1, -0.05) is 24.3 Å². The third-order valence-corrected chi connectivity index (χ3v) is 4.16. The highest BCUT2D eigenvalue weighted by Gasteiger charge is 2.18. The second-order valence-corrected chi connectivity index (χ2v) is 6.43. The maximum Gasteiger partial charge on any atom is 0.270 e. The fraction of sp³-hybridized carbons (Fsp3) is 0.0909. The topological polar surface area (TPSA) is 111 Å². The van der Waals surface area contributed by atoms with E-state index in [0.717, 1.165) is 6.07 Å². The van der Waals surface area contributed by atoms with Crippen molar-refractivity contribution in [3.8, 4) is 11.5 Å². The number of anilines is 1. The Hall–Kier alpha value is -4.20. The summed E-state index contributed by atoms with van der Waals surface area (Å²) in [6.45, 7) is 1.53. The van der Waals surface area contributed by atoms with Gasteiger partial charge in [0.2, 0.25) is 5.91 Å². The number of nitro benzene ring substituents is 1. The van der Waals surface area contributed by atoms with Gasteiger partial charge in [-0.05, 0) is 49.4 Å². The number of non-ortho nitro benzene ring substituents is 1. The summed E-state index contributed by atoms with van der Waals surface area (Å²) in [4.78, 5) is 34.9. The van der Waals surface area contributed by atoms with Crippen molar-refractivity contribution in [2.45, 2.75) is 13.0 Å². The van der Waals surface area contributed by atoms with Gasteiger partial charge < -0.3 is 15.4 Å². The van der Waals surface area contributed by atoms with Crippen LogP contribution in [-0.2, 0) is 4.79 Å². The van der Waals surface area contributed by atoms with Crippen molar-refractivity contribution in [3.63, 3.8) is 0 Å². The smallest absolute Gasteiger partial charge is 0.270 e. The van der Waals surface area contributed by atoms with Crippen LogP contribution in [0.15, 0.2) is 78.9 Å². The maximum absolute atomic E-state index is 12.4. The highest BCUT2D eigenvalue weighted by atomic mass is 16.6. The zero-order valence-electron chi connectivity index (χ0n) is 16.1. The monoisotopic (exact) mass is 405 g/mol. The SMILES string of the molecule is C[C@H](NC(=O)c1cccc([N+](=O)[O-])c1)C(=O)Nc1ccc(Oc2ccccc2)cc1. The van der Waals surface area contributed by atoms with Crippen molar-refractivity contribution >= 4 is 23.2 Å². The van der Waals surface area contributed by atoms with Crippen LogP contribution in [0.1, 0.15) is 17.3 Å². The Morgan fingerprint density at radius 3 is 2.27 bits per heavy atom. The third kappa shape index (κ3) is 5.41. The van der Waals surface area contributed by atoms with Gasteiger partial charge in [0.1, 0.15) is 17.5 Å². The lowest BCUT2D eigenvalue weighted by Crippen LogP contribution is -2.41. The molecular formula is C22H19N3O5. The molecule has 0 aliphatic heterocycles. The summed E-state index contributed by atoms with van der Waals surface area (Å²) < 4.78 is 5.70. The molecule has 0 fully saturated rings. The normalized spacial score (nSPS) is 11.2. The van der Waals surface area contributed by atoms with Crippen LogP contribution in [0, 0.1) is 10.1 Å². The molecule has 8 nitrogen and oxygen atoms in total. The number of rotatable bonds is 7. The number of para-hydroxylation sites is 1. The Bertz CT molecular complexity index is 1050. The number of carbonyl (C=O) groups is 2. The molecule has 2 amide bonds. The van der Waals surface area contributed by atoms with Gasteiger partial charge in [0.15, 0.2) is 0 Å². The third-order valence-electron chi connectivity index (χ3n) is 4.16. The number of amides is 2. The zero-order valence-corrected chi connectivity index (χ0v) is 16.1. The maximum atomic E-state index is 12.4. The van der Waals surface area contributed by atoms with E-state index in [0.29, 0.717) is 17.2 Å². The van der Waals surface area contributed by atoms with Gasteiger partial charge in [-0.3, -0.25) is 19.7 Å². The minimum Gasteiger partial charge on any atom is -0.457 e. The molecule has 0 heterocycles. The first-order valence-electron chi connectivity index (χ1n) is 9.11. The molecule has 0 aliphatic carbocycles. The molecule has 0 radical (unpaired) electrons. The van der Waals surface area contributed by atoms with E-state index < -0.39 is 22.8 Å². The number of hydrogen-bond acceptors (Lipinski definition) is 5. The molecule has 0 aromatic heterocycles. The van der Waals surface area contributed by atoms with Gasteiger partial charge in [-0.15, -0.1) is 0 Å². The average molecular weight is 405 g/mol. The second kappa shape index (κ2) is 9.33. The predicted molar refractivity (Wildman–Crippen MR) is 112 cm³/mol. The molecule has 3 rings (SSSR count). The largest absolute Gasteiger partial charge is 0.457 e. The number of carbonyl (C=O) groups excluding carboxylic acids is 2. The van der Waals surface area contributed by atoms with E-state index in [4.69, 9.17) is 4.74 Å². The van der Waals surface area contributed by atoms with Gasteiger partial charge in [-0.2, -0.15) is 0 Å². The molecule has 0 saturated heterocycles. The standard InChI is InChI=1S/C22H19N3O5/c1-15(23-22(27)16-6-5-7-18(14-16)25(28)29)21(26)24-17-10-12-20(13-11-17)30-19-8-3-2-4-9-19/h2-15H,1H3,(H,23,27)(H,24,26)/t15-/m0/s1. The molecule has 0 bridgehead atoms. The first-order chi connectivity index (χ1) is 14.4. The summed E-state index contributed by atoms with van der Waals surface area (Å²) in [5.41, 5.74) is 0.445. The number of ether oxygens (including phenoxy) is 1. The fourth-order valence-corrected chi connectivity index (χ4v) is 2.59. The summed E-state index contributed by atoms with van der Waals surface area (Å²) >= 11 is 0. The molecule has 0 saturated carbocycles. The molecule has 0 unspecified atom stereocenters. The van der Waals surface area contributed by atoms with Gasteiger partial charge in [0.25, 0.3) is 11.6 Å². The predicted octanol–water partition coefficient (Wildman–Crippen LogP) is 4.14. The molecule has 0 spiro atoms. The lowest BCUT2D eigenvalue weighted by Gasteiger charge is -2.14. The minimum absolute atomic E-state index is 0.103. The minimum atomic E-state index is -0.850. The van der Waals surface area contributed by atoms with E-state index in [-0.39, 0.29) is 11.3 Å². The van der Waals surface area contributed by atoms with E-state index >= 15 is 0 Å². The van der Waals surface area contributed by atoms with Crippen LogP contribution in [0.4, 0.5) is 11.4 Å². The van der Waals surface area contributed by atoms with Crippen LogP contribution in [0.5, 0.6) is 11.5 Å². The molecular weight excluding hydrogens is 386 g/mol. The first-order valence-corrected chi connectivity index (χ1v) is 9.11. The molecule has 3 aromatic rings. The molecule has 30 heavy (non-hydrogen) atoms. The van der Waals surface area contributed by atoms with Gasteiger partial charge in [0.05, 0.1) is 4.92 Å². The lowest BCUT2D eigenvalue weighted by molar-refractivity contribution is -0.384. The van der Waals surface area contributed by atoms with Gasteiger partial charge >= 0.3 is 0 Å². The molecule has 152 valence electrons. The quantitative estimate of drug-likeness (QED) is 0.453. The van der Waals surface area contributed by atoms with Crippen LogP contribution in [0.2, 0.25) is 0 Å². The van der Waals surface area contributed by atoms with Crippen LogP contribution in [0.25, 0.3) is 0 Å². The zero-order chi connectivity index (χ0) is 21.5. The van der Waals surface area contributed by atoms with Gasteiger partial charge in [0, 0.05) is 23.4 Å². The lowest BCUT2D eigenvalue weighted by atomic mass is 10.1. The Labute approximate surface area is 172 Å². The highest BCUT2D eigenvalue weighted by molar-refractivity contribution is 6.01. The summed E-state index contributed by atoms with van der Waals surface area (Å²) in [7, 11) is 0. The van der Waals surface area contributed by atoms with Crippen LogP contribution < -0.4 is 15.4 Å². The molecule has 8 heteroatoms. The summed E-state index contributed by atoms with van der Waals surface area (Å²) in [6.07, 6.45) is 0. The van der Waals surface area contributed by atoms with Gasteiger partial charge in [-0.25, -0.2) is 0 Å². The van der Waals surface area contributed by atoms with Crippen LogP contribution in [-0.4, -0.2) is 22.8 Å². The molecule has 0 aliphatic rings. The number of nitrogens with zero attached hydrogens (tertiary/aromatic N) is 1. The van der Waals surface area contributed by atoms with Crippen LogP contribution >= 0.6 is 0 Å². The Balaban J connectivity index is 1.56. The Kier molecular flexibility index (Phi) is 6.39. The molecule has 3 aromatic carbocycles. The number of nitrogens with one attached hydrogen (secondary N) is 2. The van der Waals surface area contributed by atoms with Crippen molar-refractivity contribution in [2.75, 3.05) is 5.32 Å². The van der Waals surface area contributed by atoms with Crippen molar-refractivity contribution in [1.82, 2.24) is 5.32 Å². The van der Waals surface area contributed by atoms with E-state index in [1.165, 1.54) is 25.1 Å². The first kappa shape index (κ1) is 20.5. The fourth-order valence-electron chi connectivity index (χ4n) is 2.59. The second-order valence-electron chi connectivity index (χ2n) is 6.43. The Morgan fingerprint density at radius 1 is 0.933 bits per heavy atom. The molecule has 1 atom stereocenters. The van der Waals surface area contributed by atoms with E-state index in [1.54, 1.807) is 24.3 Å². The van der Waals surface area contributed by atoms with E-state index in [9.17, 15) is 19.7 Å². The average Bonchev–Trinajstić information content (AvgIpc) is 2.75. The van der Waals surface area contributed by atoms with Crippen molar-refractivity contribution in [1.29, 1.82) is 0 Å². The summed E-state index contributed by atoms with van der Waals surface area (Å²) in [5, 5.41) is 16.1. The molecule has 2 N–H and O–H groups in total. The summed E-state index contributed by atoms with van der Waals surface area (Å²) in [5.74, 6) is 0.316. The summed E-state index contributed by atoms with van der Waals surface area (Å²) in [6, 6.07) is 20.6. The van der Waals surface area contributed by atoms with Crippen molar-refractivity contribution in [3.05, 3.63) is 94.5 Å². The number of hydrogen-bond donors (Lipinski definition) is 2. The number of benzene rings is 3. The highest BCUT2D eigenvalue weighted by Crippen LogP contribution is 2.22. The van der Waals surface area contributed by atoms with E-state index in [1.807, 2.05) is 30.3 Å². The Morgan fingerprint density at radius 2 is 1.60 bits per heavy atom. The van der Waals surface area contributed by atoms with Crippen molar-refractivity contribution < 1.29 is 19.2 Å². The van der Waals surface area contributed by atoms with E-state index in [2.05, 4.69) is 10.6 Å². The van der Waals surface area contributed by atoms with Crippen molar-refractivity contribution in [2.24, 2.45) is 0 Å².